The van der Waals surface area contributed by atoms with Gasteiger partial charge in [0.25, 0.3) is 0 Å². The molecule has 0 aromatic heterocycles. The highest BCUT2D eigenvalue weighted by Gasteiger charge is 2.53. The molecule has 1 aliphatic heterocycles. The minimum absolute atomic E-state index is 0.0416. The molecule has 1 saturated heterocycles. The van der Waals surface area contributed by atoms with Crippen LogP contribution in [0.5, 0.6) is 0 Å². The summed E-state index contributed by atoms with van der Waals surface area (Å²) in [4.78, 5) is 47.4. The van der Waals surface area contributed by atoms with Crippen molar-refractivity contribution in [1.82, 2.24) is 0 Å². The van der Waals surface area contributed by atoms with Crippen molar-refractivity contribution in [3.63, 3.8) is 0 Å². The second-order valence-corrected chi connectivity index (χ2v) is 8.30. The Morgan fingerprint density at radius 2 is 1.60 bits per heavy atom. The lowest BCUT2D eigenvalue weighted by atomic mass is 9.62. The van der Waals surface area contributed by atoms with Crippen molar-refractivity contribution in [1.29, 1.82) is 0 Å². The van der Waals surface area contributed by atoms with Crippen molar-refractivity contribution in [2.75, 3.05) is 0 Å². The number of ether oxygens (including phenoxy) is 1. The zero-order valence-electron chi connectivity index (χ0n) is 15.7. The van der Waals surface area contributed by atoms with Crippen LogP contribution in [0.2, 0.25) is 0 Å². The van der Waals surface area contributed by atoms with Crippen molar-refractivity contribution in [2.45, 2.75) is 54.4 Å². The number of esters is 2. The summed E-state index contributed by atoms with van der Waals surface area (Å²) in [7, 11) is 0. The van der Waals surface area contributed by atoms with Crippen LogP contribution < -0.4 is 0 Å². The fourth-order valence-electron chi connectivity index (χ4n) is 3.90. The first-order chi connectivity index (χ1) is 11.3. The SMILES string of the molecule is CCC(C)(C)C(C(=O)O)C(CC(C)(C)C1C(=O)OC(=O)C1C)C(=O)O. The molecule has 1 aliphatic rings. The van der Waals surface area contributed by atoms with E-state index in [-0.39, 0.29) is 6.42 Å². The lowest BCUT2D eigenvalue weighted by Crippen LogP contribution is -2.44. The van der Waals surface area contributed by atoms with E-state index in [9.17, 15) is 29.4 Å². The van der Waals surface area contributed by atoms with E-state index in [0.29, 0.717) is 6.42 Å². The molecule has 1 heterocycles. The predicted molar refractivity (Wildman–Crippen MR) is 88.5 cm³/mol. The van der Waals surface area contributed by atoms with E-state index in [0.717, 1.165) is 0 Å². The molecule has 25 heavy (non-hydrogen) atoms. The molecule has 0 aliphatic carbocycles. The highest BCUT2D eigenvalue weighted by Crippen LogP contribution is 2.47. The highest BCUT2D eigenvalue weighted by atomic mass is 16.6. The molecular formula is C18H28O7. The van der Waals surface area contributed by atoms with Gasteiger partial charge in [-0.25, -0.2) is 0 Å². The van der Waals surface area contributed by atoms with Gasteiger partial charge < -0.3 is 14.9 Å². The highest BCUT2D eigenvalue weighted by molar-refractivity contribution is 5.96. The van der Waals surface area contributed by atoms with E-state index in [1.807, 2.05) is 6.92 Å². The molecule has 0 saturated carbocycles. The molecule has 142 valence electrons. The van der Waals surface area contributed by atoms with Gasteiger partial charge in [0, 0.05) is 0 Å². The Hall–Kier alpha value is -1.92. The largest absolute Gasteiger partial charge is 0.481 e. The average molecular weight is 356 g/mol. The van der Waals surface area contributed by atoms with Crippen LogP contribution in [0.1, 0.15) is 54.4 Å². The monoisotopic (exact) mass is 356 g/mol. The van der Waals surface area contributed by atoms with Crippen LogP contribution in [0.25, 0.3) is 0 Å². The van der Waals surface area contributed by atoms with Crippen LogP contribution in [0.3, 0.4) is 0 Å². The molecule has 0 bridgehead atoms. The molecular weight excluding hydrogens is 328 g/mol. The van der Waals surface area contributed by atoms with E-state index in [1.54, 1.807) is 34.6 Å². The lowest BCUT2D eigenvalue weighted by molar-refractivity contribution is -0.162. The molecule has 1 fully saturated rings. The second-order valence-electron chi connectivity index (χ2n) is 8.30. The first kappa shape index (κ1) is 21.1. The Morgan fingerprint density at radius 1 is 1.08 bits per heavy atom. The van der Waals surface area contributed by atoms with Gasteiger partial charge in [-0.3, -0.25) is 19.2 Å². The number of rotatable bonds is 8. The Labute approximate surface area is 147 Å². The van der Waals surface area contributed by atoms with Crippen LogP contribution in [0.15, 0.2) is 0 Å². The number of hydrogen-bond donors (Lipinski definition) is 2. The van der Waals surface area contributed by atoms with Crippen molar-refractivity contribution in [2.24, 2.45) is 34.5 Å². The quantitative estimate of drug-likeness (QED) is 0.507. The van der Waals surface area contributed by atoms with Crippen molar-refractivity contribution >= 4 is 23.9 Å². The summed E-state index contributed by atoms with van der Waals surface area (Å²) >= 11 is 0. The summed E-state index contributed by atoms with van der Waals surface area (Å²) < 4.78 is 4.67. The number of aliphatic carboxylic acids is 2. The maximum absolute atomic E-state index is 12.0. The van der Waals surface area contributed by atoms with Gasteiger partial charge in [0.2, 0.25) is 0 Å². The fraction of sp³-hybridized carbons (Fsp3) is 0.778. The number of cyclic esters (lactones) is 2. The Morgan fingerprint density at radius 3 is 1.92 bits per heavy atom. The smallest absolute Gasteiger partial charge is 0.318 e. The first-order valence-electron chi connectivity index (χ1n) is 8.47. The van der Waals surface area contributed by atoms with E-state index < -0.39 is 58.4 Å². The minimum atomic E-state index is -1.22. The topological polar surface area (TPSA) is 118 Å². The van der Waals surface area contributed by atoms with Gasteiger partial charge in [0.15, 0.2) is 0 Å². The third kappa shape index (κ3) is 4.19. The Bertz CT molecular complexity index is 576. The molecule has 2 N–H and O–H groups in total. The van der Waals surface area contributed by atoms with Gasteiger partial charge in [-0.1, -0.05) is 48.0 Å². The standard InChI is InChI=1S/C18H28O7/c1-7-17(3,4)12(14(21)22)10(13(19)20)8-18(5,6)11-9(2)15(23)25-16(11)24/h9-12H,7-8H2,1-6H3,(H,19,20)(H,21,22). The molecule has 0 aromatic rings. The number of carbonyl (C=O) groups is 4. The fourth-order valence-corrected chi connectivity index (χ4v) is 3.90. The van der Waals surface area contributed by atoms with Gasteiger partial charge in [-0.2, -0.15) is 0 Å². The summed E-state index contributed by atoms with van der Waals surface area (Å²) in [6.07, 6.45) is 0.453. The van der Waals surface area contributed by atoms with Crippen molar-refractivity contribution in [3.8, 4) is 0 Å². The molecule has 0 radical (unpaired) electrons. The normalized spacial score (nSPS) is 23.9. The van der Waals surface area contributed by atoms with Gasteiger partial charge in [-0.15, -0.1) is 0 Å². The number of carboxylic acid groups (broad SMARTS) is 2. The van der Waals surface area contributed by atoms with Gasteiger partial charge in [0.05, 0.1) is 23.7 Å². The number of carbonyl (C=O) groups excluding carboxylic acids is 2. The van der Waals surface area contributed by atoms with E-state index >= 15 is 0 Å². The third-order valence-corrected chi connectivity index (χ3v) is 5.65. The lowest BCUT2D eigenvalue weighted by Gasteiger charge is -2.39. The third-order valence-electron chi connectivity index (χ3n) is 5.65. The molecule has 4 atom stereocenters. The maximum Gasteiger partial charge on any atom is 0.318 e. The van der Waals surface area contributed by atoms with Gasteiger partial charge >= 0.3 is 23.9 Å². The molecule has 0 amide bonds. The number of hydrogen-bond acceptors (Lipinski definition) is 5. The number of carboxylic acids is 2. The van der Waals surface area contributed by atoms with Crippen LogP contribution >= 0.6 is 0 Å². The van der Waals surface area contributed by atoms with Crippen LogP contribution in [0.4, 0.5) is 0 Å². The summed E-state index contributed by atoms with van der Waals surface area (Å²) in [6, 6.07) is 0. The molecule has 0 spiro atoms. The van der Waals surface area contributed by atoms with E-state index in [1.165, 1.54) is 0 Å². The molecule has 7 nitrogen and oxygen atoms in total. The molecule has 7 heteroatoms. The van der Waals surface area contributed by atoms with Crippen molar-refractivity contribution in [3.05, 3.63) is 0 Å². The van der Waals surface area contributed by atoms with Crippen molar-refractivity contribution < 1.29 is 34.1 Å². The van der Waals surface area contributed by atoms with Crippen LogP contribution in [-0.2, 0) is 23.9 Å². The molecule has 4 unspecified atom stereocenters. The first-order valence-corrected chi connectivity index (χ1v) is 8.47. The minimum Gasteiger partial charge on any atom is -0.481 e. The second kappa shape index (κ2) is 7.14. The summed E-state index contributed by atoms with van der Waals surface area (Å²) in [5, 5.41) is 19.4. The van der Waals surface area contributed by atoms with Gasteiger partial charge in [0.1, 0.15) is 0 Å². The Balaban J connectivity index is 3.23. The van der Waals surface area contributed by atoms with Crippen LogP contribution in [0, 0.1) is 34.5 Å². The molecule has 1 rings (SSSR count). The zero-order valence-corrected chi connectivity index (χ0v) is 15.7. The van der Waals surface area contributed by atoms with Gasteiger partial charge in [-0.05, 0) is 17.3 Å². The maximum atomic E-state index is 12.0. The summed E-state index contributed by atoms with van der Waals surface area (Å²) in [6.45, 7) is 10.2. The summed E-state index contributed by atoms with van der Waals surface area (Å²) in [5.41, 5.74) is -1.63. The van der Waals surface area contributed by atoms with Crippen LogP contribution in [-0.4, -0.2) is 34.1 Å². The average Bonchev–Trinajstić information content (AvgIpc) is 2.70. The predicted octanol–water partition coefficient (Wildman–Crippen LogP) is 2.58. The zero-order chi connectivity index (χ0) is 19.7. The van der Waals surface area contributed by atoms with E-state index in [2.05, 4.69) is 4.74 Å². The summed E-state index contributed by atoms with van der Waals surface area (Å²) in [5.74, 6) is -7.45. The Kier molecular flexibility index (Phi) is 6.03. The molecule has 0 aromatic carbocycles. The van der Waals surface area contributed by atoms with E-state index in [4.69, 9.17) is 0 Å².